The SMILES string of the molecule is CCC[C@]1(c2cccc(-c3ccccc3)c2)OC(c2ccccc2)=NC1=O. The summed E-state index contributed by atoms with van der Waals surface area (Å²) in [4.78, 5) is 17.3. The maximum absolute atomic E-state index is 13.0. The average Bonchev–Trinajstić information content (AvgIpc) is 3.07. The first-order valence-corrected chi connectivity index (χ1v) is 9.26. The van der Waals surface area contributed by atoms with Crippen LogP contribution in [0.4, 0.5) is 0 Å². The number of benzene rings is 3. The molecule has 3 heteroatoms. The fourth-order valence-electron chi connectivity index (χ4n) is 3.54. The lowest BCUT2D eigenvalue weighted by atomic mass is 9.87. The van der Waals surface area contributed by atoms with Gasteiger partial charge in [0.15, 0.2) is 0 Å². The van der Waals surface area contributed by atoms with Crippen molar-refractivity contribution in [3.05, 3.63) is 96.1 Å². The van der Waals surface area contributed by atoms with Crippen molar-refractivity contribution in [1.82, 2.24) is 0 Å². The molecule has 0 radical (unpaired) electrons. The van der Waals surface area contributed by atoms with Gasteiger partial charge in [0.05, 0.1) is 0 Å². The van der Waals surface area contributed by atoms with Gasteiger partial charge in [-0.25, -0.2) is 0 Å². The van der Waals surface area contributed by atoms with Gasteiger partial charge in [-0.15, -0.1) is 0 Å². The number of hydrogen-bond donors (Lipinski definition) is 0. The first-order chi connectivity index (χ1) is 13.2. The van der Waals surface area contributed by atoms with Gasteiger partial charge in [-0.2, -0.15) is 4.99 Å². The molecule has 3 aromatic rings. The Labute approximate surface area is 159 Å². The predicted octanol–water partition coefficient (Wildman–Crippen LogP) is 5.35. The minimum absolute atomic E-state index is 0.228. The number of carbonyl (C=O) groups is 1. The van der Waals surface area contributed by atoms with E-state index >= 15 is 0 Å². The molecule has 0 aromatic heterocycles. The molecule has 134 valence electrons. The van der Waals surface area contributed by atoms with Crippen LogP contribution in [0.2, 0.25) is 0 Å². The maximum atomic E-state index is 13.0. The molecule has 4 rings (SSSR count). The second-order valence-electron chi connectivity index (χ2n) is 6.71. The summed E-state index contributed by atoms with van der Waals surface area (Å²) >= 11 is 0. The highest BCUT2D eigenvalue weighted by Gasteiger charge is 2.47. The van der Waals surface area contributed by atoms with Crippen molar-refractivity contribution in [2.24, 2.45) is 4.99 Å². The third-order valence-electron chi connectivity index (χ3n) is 4.88. The van der Waals surface area contributed by atoms with E-state index in [2.05, 4.69) is 30.1 Å². The standard InChI is InChI=1S/C24H21NO2/c1-2-16-24(23(26)25-22(27-24)19-12-7-4-8-13-19)21-15-9-14-20(17-21)18-10-5-3-6-11-18/h3-15,17H,2,16H2,1H3/t24-/m1/s1. The number of ether oxygens (including phenoxy) is 1. The number of rotatable bonds is 5. The van der Waals surface area contributed by atoms with Crippen LogP contribution in [0.3, 0.4) is 0 Å². The van der Waals surface area contributed by atoms with Gasteiger partial charge in [0, 0.05) is 17.5 Å². The molecule has 0 saturated heterocycles. The van der Waals surface area contributed by atoms with Crippen LogP contribution in [0.15, 0.2) is 89.9 Å². The first-order valence-electron chi connectivity index (χ1n) is 9.26. The van der Waals surface area contributed by atoms with Crippen LogP contribution in [0, 0.1) is 0 Å². The number of amides is 1. The van der Waals surface area contributed by atoms with Crippen molar-refractivity contribution in [2.45, 2.75) is 25.4 Å². The van der Waals surface area contributed by atoms with Crippen molar-refractivity contribution >= 4 is 11.8 Å². The monoisotopic (exact) mass is 355 g/mol. The number of nitrogens with zero attached hydrogens (tertiary/aromatic N) is 1. The molecule has 0 bridgehead atoms. The summed E-state index contributed by atoms with van der Waals surface area (Å²) in [5, 5.41) is 0. The molecule has 1 aliphatic rings. The Hall–Kier alpha value is -3.20. The van der Waals surface area contributed by atoms with Crippen LogP contribution in [-0.4, -0.2) is 11.8 Å². The molecular weight excluding hydrogens is 334 g/mol. The molecule has 0 N–H and O–H groups in total. The lowest BCUT2D eigenvalue weighted by Crippen LogP contribution is -2.34. The third kappa shape index (κ3) is 3.17. The van der Waals surface area contributed by atoms with E-state index in [1.165, 1.54) is 0 Å². The van der Waals surface area contributed by atoms with Gasteiger partial charge in [0.1, 0.15) is 0 Å². The maximum Gasteiger partial charge on any atom is 0.297 e. The molecule has 0 fully saturated rings. The topological polar surface area (TPSA) is 38.7 Å². The van der Waals surface area contributed by atoms with Crippen LogP contribution in [0.25, 0.3) is 11.1 Å². The van der Waals surface area contributed by atoms with Gasteiger partial charge in [0.2, 0.25) is 11.5 Å². The van der Waals surface area contributed by atoms with Crippen molar-refractivity contribution in [3.8, 4) is 11.1 Å². The van der Waals surface area contributed by atoms with Crippen LogP contribution in [-0.2, 0) is 15.1 Å². The summed E-state index contributed by atoms with van der Waals surface area (Å²) in [7, 11) is 0. The fourth-order valence-corrected chi connectivity index (χ4v) is 3.54. The highest BCUT2D eigenvalue weighted by atomic mass is 16.5. The van der Waals surface area contributed by atoms with E-state index in [0.717, 1.165) is 28.7 Å². The quantitative estimate of drug-likeness (QED) is 0.618. The Kier molecular flexibility index (Phi) is 4.59. The predicted molar refractivity (Wildman–Crippen MR) is 108 cm³/mol. The Morgan fingerprint density at radius 2 is 1.44 bits per heavy atom. The molecule has 1 heterocycles. The van der Waals surface area contributed by atoms with E-state index in [1.807, 2.05) is 66.7 Å². The first kappa shape index (κ1) is 17.2. The molecule has 1 atom stereocenters. The smallest absolute Gasteiger partial charge is 0.297 e. The summed E-state index contributed by atoms with van der Waals surface area (Å²) < 4.78 is 6.27. The number of aliphatic imine (C=N–C) groups is 1. The average molecular weight is 355 g/mol. The van der Waals surface area contributed by atoms with E-state index in [4.69, 9.17) is 4.74 Å². The summed E-state index contributed by atoms with van der Waals surface area (Å²) in [5.41, 5.74) is 2.80. The normalized spacial score (nSPS) is 18.9. The molecule has 27 heavy (non-hydrogen) atoms. The van der Waals surface area contributed by atoms with Gasteiger partial charge >= 0.3 is 0 Å². The van der Waals surface area contributed by atoms with E-state index in [9.17, 15) is 4.79 Å². The molecule has 3 aromatic carbocycles. The van der Waals surface area contributed by atoms with Crippen molar-refractivity contribution in [2.75, 3.05) is 0 Å². The second-order valence-corrected chi connectivity index (χ2v) is 6.71. The molecule has 0 unspecified atom stereocenters. The fraction of sp³-hybridized carbons (Fsp3) is 0.167. The molecule has 1 aliphatic heterocycles. The number of carbonyl (C=O) groups excluding carboxylic acids is 1. The summed E-state index contributed by atoms with van der Waals surface area (Å²) in [6.07, 6.45) is 1.41. The highest BCUT2D eigenvalue weighted by Crippen LogP contribution is 2.39. The van der Waals surface area contributed by atoms with Crippen LogP contribution in [0.5, 0.6) is 0 Å². The van der Waals surface area contributed by atoms with Crippen LogP contribution < -0.4 is 0 Å². The molecule has 1 amide bonds. The molecule has 3 nitrogen and oxygen atoms in total. The Bertz CT molecular complexity index is 980. The minimum atomic E-state index is -1.05. The molecule has 0 aliphatic carbocycles. The Balaban J connectivity index is 1.75. The van der Waals surface area contributed by atoms with Gasteiger partial charge in [-0.1, -0.05) is 80.1 Å². The minimum Gasteiger partial charge on any atom is -0.455 e. The summed E-state index contributed by atoms with van der Waals surface area (Å²) in [5.74, 6) is 0.174. The van der Waals surface area contributed by atoms with Gasteiger partial charge in [0.25, 0.3) is 5.91 Å². The molecule has 0 spiro atoms. The van der Waals surface area contributed by atoms with Crippen molar-refractivity contribution in [3.63, 3.8) is 0 Å². The number of hydrogen-bond acceptors (Lipinski definition) is 2. The van der Waals surface area contributed by atoms with E-state index < -0.39 is 5.60 Å². The zero-order valence-electron chi connectivity index (χ0n) is 15.3. The lowest BCUT2D eigenvalue weighted by Gasteiger charge is -2.27. The van der Waals surface area contributed by atoms with E-state index in [1.54, 1.807) is 0 Å². The molecular formula is C24H21NO2. The molecule has 0 saturated carbocycles. The Morgan fingerprint density at radius 1 is 0.815 bits per heavy atom. The van der Waals surface area contributed by atoms with Crippen LogP contribution >= 0.6 is 0 Å². The third-order valence-corrected chi connectivity index (χ3v) is 4.88. The van der Waals surface area contributed by atoms with E-state index in [0.29, 0.717) is 12.3 Å². The van der Waals surface area contributed by atoms with Crippen molar-refractivity contribution in [1.29, 1.82) is 0 Å². The zero-order valence-corrected chi connectivity index (χ0v) is 15.3. The highest BCUT2D eigenvalue weighted by molar-refractivity contribution is 6.09. The summed E-state index contributed by atoms with van der Waals surface area (Å²) in [6.45, 7) is 2.06. The van der Waals surface area contributed by atoms with Gasteiger partial charge in [-0.3, -0.25) is 4.79 Å². The second kappa shape index (κ2) is 7.20. The largest absolute Gasteiger partial charge is 0.455 e. The van der Waals surface area contributed by atoms with E-state index in [-0.39, 0.29) is 5.91 Å². The zero-order chi connectivity index (χ0) is 18.7. The summed E-state index contributed by atoms with van der Waals surface area (Å²) in [6, 6.07) is 27.8. The van der Waals surface area contributed by atoms with Crippen molar-refractivity contribution < 1.29 is 9.53 Å². The van der Waals surface area contributed by atoms with Gasteiger partial charge < -0.3 is 4.74 Å². The van der Waals surface area contributed by atoms with Gasteiger partial charge in [-0.05, 0) is 29.3 Å². The Morgan fingerprint density at radius 3 is 2.11 bits per heavy atom. The van der Waals surface area contributed by atoms with Crippen LogP contribution in [0.1, 0.15) is 30.9 Å². The lowest BCUT2D eigenvalue weighted by molar-refractivity contribution is -0.132.